The number of ether oxygens (including phenoxy) is 4. The van der Waals surface area contributed by atoms with Crippen LogP contribution in [0.25, 0.3) is 0 Å². The van der Waals surface area contributed by atoms with Gasteiger partial charge in [0, 0.05) is 6.04 Å². The van der Waals surface area contributed by atoms with Crippen molar-refractivity contribution in [3.05, 3.63) is 168 Å². The number of esters is 1. The third-order valence-electron chi connectivity index (χ3n) is 11.5. The number of benzene rings is 5. The Balaban J connectivity index is 1.51. The van der Waals surface area contributed by atoms with Crippen LogP contribution in [0.1, 0.15) is 70.6 Å². The zero-order valence-corrected chi connectivity index (χ0v) is 36.6. The van der Waals surface area contributed by atoms with Crippen LogP contribution in [-0.2, 0) is 48.0 Å². The molecule has 0 saturated carbocycles. The Morgan fingerprint density at radius 2 is 0.983 bits per heavy atom. The van der Waals surface area contributed by atoms with E-state index in [9.17, 15) is 4.79 Å². The molecule has 0 N–H and O–H groups in total. The van der Waals surface area contributed by atoms with Crippen LogP contribution in [0.4, 0.5) is 0 Å². The number of nitrogens with zero attached hydrogens (tertiary/aromatic N) is 1. The molecule has 7 nitrogen and oxygen atoms in total. The summed E-state index contributed by atoms with van der Waals surface area (Å²) in [5.41, 5.74) is 3.16. The topological polar surface area (TPSA) is 66.5 Å². The maximum atomic E-state index is 13.8. The van der Waals surface area contributed by atoms with E-state index in [4.69, 9.17) is 23.4 Å². The molecule has 0 radical (unpaired) electrons. The summed E-state index contributed by atoms with van der Waals surface area (Å²) in [6.45, 7) is 13.4. The fourth-order valence-corrected chi connectivity index (χ4v) is 13.2. The van der Waals surface area contributed by atoms with Gasteiger partial charge in [0.2, 0.25) is 0 Å². The molecule has 8 heteroatoms. The van der Waals surface area contributed by atoms with E-state index in [2.05, 4.69) is 130 Å². The van der Waals surface area contributed by atoms with E-state index >= 15 is 0 Å². The number of likely N-dealkylation sites (tertiary alicyclic amines) is 1. The highest BCUT2D eigenvalue weighted by Gasteiger charge is 2.55. The molecule has 312 valence electrons. The second-order valence-electron chi connectivity index (χ2n) is 16.5. The number of carbonyl (C=O) groups is 1. The van der Waals surface area contributed by atoms with Gasteiger partial charge in [-0.05, 0) is 52.0 Å². The van der Waals surface area contributed by atoms with Gasteiger partial charge in [0.1, 0.15) is 18.3 Å². The number of rotatable bonds is 20. The van der Waals surface area contributed by atoms with E-state index in [1.807, 2.05) is 61.5 Å². The fourth-order valence-electron chi connectivity index (χ4n) is 8.61. The molecule has 0 amide bonds. The van der Waals surface area contributed by atoms with Crippen molar-refractivity contribution >= 4 is 24.7 Å². The lowest BCUT2D eigenvalue weighted by Crippen LogP contribution is -2.72. The summed E-state index contributed by atoms with van der Waals surface area (Å²) in [5.74, 6) is -0.260. The lowest BCUT2D eigenvalue weighted by molar-refractivity contribution is -0.228. The molecule has 5 aromatic rings. The van der Waals surface area contributed by atoms with Crippen LogP contribution in [-0.4, -0.2) is 69.3 Å². The highest BCUT2D eigenvalue weighted by Crippen LogP contribution is 2.39. The Hall–Kier alpha value is -4.41. The normalized spacial score (nSPS) is 20.0. The van der Waals surface area contributed by atoms with Crippen molar-refractivity contribution in [1.29, 1.82) is 0 Å². The van der Waals surface area contributed by atoms with Crippen LogP contribution in [0.3, 0.4) is 0 Å². The molecule has 0 spiro atoms. The Morgan fingerprint density at radius 1 is 0.576 bits per heavy atom. The van der Waals surface area contributed by atoms with E-state index in [1.54, 1.807) is 0 Å². The molecular formula is C51H63NO6Si. The molecule has 0 bridgehead atoms. The molecule has 1 saturated heterocycles. The minimum Gasteiger partial charge on any atom is -0.466 e. The van der Waals surface area contributed by atoms with E-state index in [0.717, 1.165) is 36.1 Å². The van der Waals surface area contributed by atoms with Gasteiger partial charge in [0.25, 0.3) is 8.32 Å². The van der Waals surface area contributed by atoms with Gasteiger partial charge in [-0.25, -0.2) is 0 Å². The quantitative estimate of drug-likeness (QED) is 0.0574. The van der Waals surface area contributed by atoms with Crippen LogP contribution in [0, 0.1) is 0 Å². The van der Waals surface area contributed by atoms with Gasteiger partial charge in [0.05, 0.1) is 45.5 Å². The summed E-state index contributed by atoms with van der Waals surface area (Å²) in [6, 6.07) is 51.6. The predicted octanol–water partition coefficient (Wildman–Crippen LogP) is 9.13. The average molecular weight is 814 g/mol. The van der Waals surface area contributed by atoms with Gasteiger partial charge in [-0.1, -0.05) is 186 Å². The number of hydrogen-bond donors (Lipinski definition) is 0. The standard InChI is InChI=1S/C51H63NO6Si/c1-6-8-34-52-45(35-47(53)54-7-2)48(55-36-40-24-14-9-15-25-40)50(57-38-42-28-18-11-19-29-42)49(56-37-41-26-16-10-17-27-41)46(52)39-58-59(51(3,4)5,43-30-20-12-21-31-43)44-32-22-13-23-33-44/h9-33,45-46,48-50H,6-8,34-39H2,1-5H3/t45-,46-,48+,49-,50-/m1/s1. The van der Waals surface area contributed by atoms with Gasteiger partial charge >= 0.3 is 5.97 Å². The number of piperidine rings is 1. The van der Waals surface area contributed by atoms with Crippen molar-refractivity contribution in [2.24, 2.45) is 0 Å². The highest BCUT2D eigenvalue weighted by atomic mass is 28.4. The maximum absolute atomic E-state index is 13.8. The van der Waals surface area contributed by atoms with Crippen molar-refractivity contribution in [1.82, 2.24) is 4.90 Å². The summed E-state index contributed by atoms with van der Waals surface area (Å²) < 4.78 is 34.9. The zero-order chi connectivity index (χ0) is 41.5. The van der Waals surface area contributed by atoms with E-state index in [-0.39, 0.29) is 29.5 Å². The first-order valence-corrected chi connectivity index (χ1v) is 23.3. The Labute approximate surface area is 353 Å². The van der Waals surface area contributed by atoms with Crippen molar-refractivity contribution in [3.8, 4) is 0 Å². The highest BCUT2D eigenvalue weighted by molar-refractivity contribution is 6.99. The molecule has 5 atom stereocenters. The monoisotopic (exact) mass is 813 g/mol. The number of unbranched alkanes of at least 4 members (excludes halogenated alkanes) is 1. The smallest absolute Gasteiger partial charge is 0.307 e. The molecule has 1 fully saturated rings. The SMILES string of the molecule is CCCCN1[C@H](CC(=O)OCC)[C@H](OCc2ccccc2)[C@@H](OCc2ccccc2)[C@H](OCc2ccccc2)[C@H]1CO[Si](c1ccccc1)(c1ccccc1)C(C)(C)C. The number of hydrogen-bond acceptors (Lipinski definition) is 7. The molecule has 0 aromatic heterocycles. The minimum atomic E-state index is -2.99. The van der Waals surface area contributed by atoms with Crippen LogP contribution < -0.4 is 10.4 Å². The van der Waals surface area contributed by atoms with Crippen LogP contribution in [0.5, 0.6) is 0 Å². The number of carbonyl (C=O) groups excluding carboxylic acids is 1. The fraction of sp³-hybridized carbons (Fsp3) is 0.392. The molecule has 0 unspecified atom stereocenters. The third-order valence-corrected chi connectivity index (χ3v) is 16.5. The molecule has 1 aliphatic heterocycles. The predicted molar refractivity (Wildman–Crippen MR) is 239 cm³/mol. The van der Waals surface area contributed by atoms with Gasteiger partial charge in [-0.3, -0.25) is 9.69 Å². The second kappa shape index (κ2) is 21.7. The Kier molecular flexibility index (Phi) is 16.3. The van der Waals surface area contributed by atoms with Gasteiger partial charge in [0.15, 0.2) is 0 Å². The second-order valence-corrected chi connectivity index (χ2v) is 20.8. The third kappa shape index (κ3) is 11.3. The summed E-state index contributed by atoms with van der Waals surface area (Å²) >= 11 is 0. The van der Waals surface area contributed by atoms with Crippen LogP contribution in [0.15, 0.2) is 152 Å². The molecule has 6 rings (SSSR count). The first kappa shape index (κ1) is 44.1. The molecule has 1 heterocycles. The summed E-state index contributed by atoms with van der Waals surface area (Å²) in [7, 11) is -2.99. The van der Waals surface area contributed by atoms with Crippen molar-refractivity contribution in [2.75, 3.05) is 19.8 Å². The van der Waals surface area contributed by atoms with Crippen LogP contribution >= 0.6 is 0 Å². The summed E-state index contributed by atoms with van der Waals surface area (Å²) in [6.07, 6.45) is 0.445. The maximum Gasteiger partial charge on any atom is 0.307 e. The molecule has 1 aliphatic rings. The van der Waals surface area contributed by atoms with E-state index < -0.39 is 26.6 Å². The van der Waals surface area contributed by atoms with Gasteiger partial charge in [-0.2, -0.15) is 0 Å². The lowest BCUT2D eigenvalue weighted by Gasteiger charge is -2.54. The van der Waals surface area contributed by atoms with Gasteiger partial charge in [-0.15, -0.1) is 0 Å². The minimum absolute atomic E-state index is 0.142. The first-order valence-electron chi connectivity index (χ1n) is 21.4. The molecule has 0 aliphatic carbocycles. The first-order chi connectivity index (χ1) is 28.7. The van der Waals surface area contributed by atoms with E-state index in [0.29, 0.717) is 33.0 Å². The Bertz CT molecular complexity index is 1900. The zero-order valence-electron chi connectivity index (χ0n) is 35.6. The van der Waals surface area contributed by atoms with E-state index in [1.165, 1.54) is 10.4 Å². The molecule has 59 heavy (non-hydrogen) atoms. The summed E-state index contributed by atoms with van der Waals surface area (Å²) in [5, 5.41) is 2.18. The van der Waals surface area contributed by atoms with Gasteiger partial charge < -0.3 is 23.4 Å². The van der Waals surface area contributed by atoms with Crippen LogP contribution in [0.2, 0.25) is 5.04 Å². The lowest BCUT2D eigenvalue weighted by atomic mass is 9.85. The van der Waals surface area contributed by atoms with Crippen molar-refractivity contribution in [2.45, 2.75) is 109 Å². The molecule has 5 aromatic carbocycles. The molecular weight excluding hydrogens is 751 g/mol. The largest absolute Gasteiger partial charge is 0.466 e. The Morgan fingerprint density at radius 3 is 1.39 bits per heavy atom. The van der Waals surface area contributed by atoms with Crippen molar-refractivity contribution in [3.63, 3.8) is 0 Å². The average Bonchev–Trinajstić information content (AvgIpc) is 3.26. The van der Waals surface area contributed by atoms with Crippen molar-refractivity contribution < 1.29 is 28.2 Å². The summed E-state index contributed by atoms with van der Waals surface area (Å²) in [4.78, 5) is 16.2.